The third-order valence-electron chi connectivity index (χ3n) is 7.00. The standard InChI is InChI=1S/C30H35N5O10/c31-20(14-17-15-32-21-4-2-1-3-19(17)21)27(41)33-22(9-11-25(37)38)28(42)35-24(13-16-5-7-18(36)8-6-16)29(43)34-23(30(44)45)10-12-26(39)40/h1-8,15,20,22-24,32,36H,9-14,31H2,(H,33,41)(H,34,43)(H,35,42)(H,37,38)(H,39,40)(H,44,45). The van der Waals surface area contributed by atoms with E-state index < -0.39 is 79.1 Å². The van der Waals surface area contributed by atoms with Crippen LogP contribution in [0.1, 0.15) is 36.8 Å². The summed E-state index contributed by atoms with van der Waals surface area (Å²) in [5.41, 5.74) is 8.19. The topological polar surface area (TPSA) is 261 Å². The Kier molecular flexibility index (Phi) is 12.0. The Hall–Kier alpha value is -5.44. The summed E-state index contributed by atoms with van der Waals surface area (Å²) in [5.74, 6) is -6.71. The SMILES string of the molecule is NC(Cc1c[nH]c2ccccc12)C(=O)NC(CCC(=O)O)C(=O)NC(Cc1ccc(O)cc1)C(=O)NC(CCC(=O)O)C(=O)O. The molecule has 4 unspecified atom stereocenters. The zero-order valence-electron chi connectivity index (χ0n) is 24.1. The Morgan fingerprint density at radius 1 is 0.711 bits per heavy atom. The number of nitrogens with two attached hydrogens (primary N) is 1. The van der Waals surface area contributed by atoms with Crippen LogP contribution in [0.25, 0.3) is 10.9 Å². The van der Waals surface area contributed by atoms with Crippen molar-refractivity contribution in [1.82, 2.24) is 20.9 Å². The van der Waals surface area contributed by atoms with Gasteiger partial charge in [0, 0.05) is 36.4 Å². The minimum Gasteiger partial charge on any atom is -0.508 e. The number of amides is 3. The maximum atomic E-state index is 13.4. The lowest BCUT2D eigenvalue weighted by atomic mass is 10.0. The summed E-state index contributed by atoms with van der Waals surface area (Å²) >= 11 is 0. The van der Waals surface area contributed by atoms with Crippen LogP contribution in [0, 0.1) is 0 Å². The van der Waals surface area contributed by atoms with Crippen molar-refractivity contribution >= 4 is 46.5 Å². The van der Waals surface area contributed by atoms with E-state index in [2.05, 4.69) is 20.9 Å². The Bertz CT molecular complexity index is 1540. The molecule has 0 saturated carbocycles. The van der Waals surface area contributed by atoms with E-state index in [1.807, 2.05) is 24.3 Å². The molecule has 3 aromatic rings. The second-order valence-corrected chi connectivity index (χ2v) is 10.4. The molecule has 0 radical (unpaired) electrons. The monoisotopic (exact) mass is 625 g/mol. The third kappa shape index (κ3) is 10.4. The number of nitrogens with one attached hydrogen (secondary N) is 4. The normalized spacial score (nSPS) is 13.6. The average molecular weight is 626 g/mol. The maximum absolute atomic E-state index is 13.4. The second-order valence-electron chi connectivity index (χ2n) is 10.4. The molecule has 3 amide bonds. The van der Waals surface area contributed by atoms with E-state index in [9.17, 15) is 44.1 Å². The fraction of sp³-hybridized carbons (Fsp3) is 0.333. The van der Waals surface area contributed by atoms with Crippen molar-refractivity contribution in [3.63, 3.8) is 0 Å². The number of fused-ring (bicyclic) bond motifs is 1. The lowest BCUT2D eigenvalue weighted by Crippen LogP contribution is -2.57. The predicted octanol–water partition coefficient (Wildman–Crippen LogP) is 0.255. The highest BCUT2D eigenvalue weighted by atomic mass is 16.4. The molecule has 240 valence electrons. The smallest absolute Gasteiger partial charge is 0.326 e. The van der Waals surface area contributed by atoms with Gasteiger partial charge in [0.1, 0.15) is 23.9 Å². The zero-order valence-corrected chi connectivity index (χ0v) is 24.1. The first-order valence-corrected chi connectivity index (χ1v) is 14.0. The number of carbonyl (C=O) groups is 6. The van der Waals surface area contributed by atoms with Gasteiger partial charge >= 0.3 is 17.9 Å². The minimum atomic E-state index is -1.59. The van der Waals surface area contributed by atoms with Crippen LogP contribution in [0.4, 0.5) is 0 Å². The van der Waals surface area contributed by atoms with Crippen molar-refractivity contribution in [3.05, 3.63) is 65.9 Å². The van der Waals surface area contributed by atoms with E-state index in [0.29, 0.717) is 5.56 Å². The molecule has 0 fully saturated rings. The molecule has 4 atom stereocenters. The number of phenolic OH excluding ortho intramolecular Hbond substituents is 1. The molecule has 3 rings (SSSR count). The third-order valence-corrected chi connectivity index (χ3v) is 7.00. The Balaban J connectivity index is 1.79. The van der Waals surface area contributed by atoms with E-state index in [-0.39, 0.29) is 25.0 Å². The van der Waals surface area contributed by atoms with Gasteiger partial charge in [0.15, 0.2) is 0 Å². The van der Waals surface area contributed by atoms with Gasteiger partial charge in [-0.25, -0.2) is 4.79 Å². The molecule has 0 spiro atoms. The first-order chi connectivity index (χ1) is 21.3. The number of hydrogen-bond acceptors (Lipinski definition) is 8. The van der Waals surface area contributed by atoms with Crippen LogP contribution in [-0.2, 0) is 41.6 Å². The summed E-state index contributed by atoms with van der Waals surface area (Å²) in [6.07, 6.45) is -0.224. The number of aromatic nitrogens is 1. The van der Waals surface area contributed by atoms with Crippen LogP contribution in [0.2, 0.25) is 0 Å². The van der Waals surface area contributed by atoms with Crippen LogP contribution in [0.5, 0.6) is 5.75 Å². The molecule has 15 nitrogen and oxygen atoms in total. The number of carboxylic acids is 3. The van der Waals surface area contributed by atoms with Crippen LogP contribution in [0.3, 0.4) is 0 Å². The lowest BCUT2D eigenvalue weighted by Gasteiger charge is -2.25. The van der Waals surface area contributed by atoms with Crippen LogP contribution >= 0.6 is 0 Å². The van der Waals surface area contributed by atoms with Gasteiger partial charge in [0.25, 0.3) is 0 Å². The number of benzene rings is 2. The lowest BCUT2D eigenvalue weighted by molar-refractivity contribution is -0.143. The summed E-state index contributed by atoms with van der Waals surface area (Å²) in [7, 11) is 0. The van der Waals surface area contributed by atoms with Gasteiger partial charge in [-0.05, 0) is 48.6 Å². The fourth-order valence-corrected chi connectivity index (χ4v) is 4.59. The fourth-order valence-electron chi connectivity index (χ4n) is 4.59. The number of rotatable bonds is 17. The molecule has 0 aliphatic heterocycles. The molecule has 15 heteroatoms. The molecule has 2 aromatic carbocycles. The summed E-state index contributed by atoms with van der Waals surface area (Å²) in [5, 5.41) is 45.3. The zero-order chi connectivity index (χ0) is 33.1. The average Bonchev–Trinajstić information content (AvgIpc) is 3.39. The van der Waals surface area contributed by atoms with Gasteiger partial charge in [-0.3, -0.25) is 24.0 Å². The number of hydrogen-bond donors (Lipinski definition) is 9. The van der Waals surface area contributed by atoms with Crippen molar-refractivity contribution in [2.75, 3.05) is 0 Å². The number of H-pyrrole nitrogens is 1. The first-order valence-electron chi connectivity index (χ1n) is 14.0. The van der Waals surface area contributed by atoms with Gasteiger partial charge < -0.3 is 47.1 Å². The van der Waals surface area contributed by atoms with Crippen molar-refractivity contribution in [3.8, 4) is 5.75 Å². The Morgan fingerprint density at radius 2 is 1.27 bits per heavy atom. The van der Waals surface area contributed by atoms with E-state index >= 15 is 0 Å². The van der Waals surface area contributed by atoms with Crippen molar-refractivity contribution < 1.29 is 49.2 Å². The van der Waals surface area contributed by atoms with Gasteiger partial charge in [0.2, 0.25) is 17.7 Å². The molecule has 0 bridgehead atoms. The predicted molar refractivity (Wildman–Crippen MR) is 159 cm³/mol. The molecule has 1 heterocycles. The summed E-state index contributed by atoms with van der Waals surface area (Å²) < 4.78 is 0. The molecular weight excluding hydrogens is 590 g/mol. The van der Waals surface area contributed by atoms with Gasteiger partial charge in [0.05, 0.1) is 6.04 Å². The van der Waals surface area contributed by atoms with Crippen molar-refractivity contribution in [2.24, 2.45) is 5.73 Å². The van der Waals surface area contributed by atoms with Crippen LogP contribution < -0.4 is 21.7 Å². The molecule has 0 saturated heterocycles. The number of phenols is 1. The van der Waals surface area contributed by atoms with Gasteiger partial charge in [-0.1, -0.05) is 30.3 Å². The first kappa shape index (κ1) is 34.1. The Labute approximate surface area is 256 Å². The minimum absolute atomic E-state index is 0.0659. The summed E-state index contributed by atoms with van der Waals surface area (Å²) in [6.45, 7) is 0. The maximum Gasteiger partial charge on any atom is 0.326 e. The molecule has 45 heavy (non-hydrogen) atoms. The number of aromatic amines is 1. The van der Waals surface area contributed by atoms with Crippen LogP contribution in [0.15, 0.2) is 54.7 Å². The highest BCUT2D eigenvalue weighted by Crippen LogP contribution is 2.19. The van der Waals surface area contributed by atoms with Gasteiger partial charge in [-0.2, -0.15) is 0 Å². The Morgan fingerprint density at radius 3 is 1.89 bits per heavy atom. The molecule has 10 N–H and O–H groups in total. The summed E-state index contributed by atoms with van der Waals surface area (Å²) in [6, 6.07) is 7.41. The van der Waals surface area contributed by atoms with E-state index in [0.717, 1.165) is 16.5 Å². The molecule has 1 aromatic heterocycles. The largest absolute Gasteiger partial charge is 0.508 e. The summed E-state index contributed by atoms with van der Waals surface area (Å²) in [4.78, 5) is 76.7. The number of para-hydroxylation sites is 1. The van der Waals surface area contributed by atoms with E-state index in [1.54, 1.807) is 6.20 Å². The highest BCUT2D eigenvalue weighted by molar-refractivity contribution is 5.95. The number of carbonyl (C=O) groups excluding carboxylic acids is 3. The molecule has 0 aliphatic rings. The van der Waals surface area contributed by atoms with Gasteiger partial charge in [-0.15, -0.1) is 0 Å². The van der Waals surface area contributed by atoms with Crippen molar-refractivity contribution in [1.29, 1.82) is 0 Å². The quantitative estimate of drug-likeness (QED) is 0.0982. The van der Waals surface area contributed by atoms with Crippen molar-refractivity contribution in [2.45, 2.75) is 62.7 Å². The highest BCUT2D eigenvalue weighted by Gasteiger charge is 2.31. The second kappa shape index (κ2) is 15.9. The van der Waals surface area contributed by atoms with E-state index in [4.69, 9.17) is 10.8 Å². The number of aromatic hydroxyl groups is 1. The molecule has 0 aliphatic carbocycles. The molecular formula is C30H35N5O10. The number of carboxylic acid groups (broad SMARTS) is 3. The number of aliphatic carboxylic acids is 3. The van der Waals surface area contributed by atoms with Crippen LogP contribution in [-0.4, -0.2) is 85.2 Å². The van der Waals surface area contributed by atoms with E-state index in [1.165, 1.54) is 24.3 Å².